The van der Waals surface area contributed by atoms with Gasteiger partial charge in [0.05, 0.1) is 23.2 Å². The number of aliphatic hydroxyl groups excluding tert-OH is 2. The first kappa shape index (κ1) is 59.3. The third-order valence-electron chi connectivity index (χ3n) is 7.04. The number of fused-ring (bicyclic) bond motifs is 3. The number of nitrogens with zero attached hydrogens (tertiary/aromatic N) is 3. The van der Waals surface area contributed by atoms with Crippen molar-refractivity contribution in [3.05, 3.63) is 30.1 Å². The highest BCUT2D eigenvalue weighted by atomic mass is 16.6. The molecule has 0 fully saturated rings. The highest BCUT2D eigenvalue weighted by Gasteiger charge is 2.27. The van der Waals surface area contributed by atoms with Crippen LogP contribution in [-0.2, 0) is 75.1 Å². The number of aliphatic carboxylic acids is 2. The predicted molar refractivity (Wildman–Crippen MR) is 218 cm³/mol. The summed E-state index contributed by atoms with van der Waals surface area (Å²) in [6.07, 6.45) is -6.65. The third kappa shape index (κ3) is 20.2. The second kappa shape index (κ2) is 27.7. The number of hydrogen-bond acceptors (Lipinski definition) is 19. The van der Waals surface area contributed by atoms with Gasteiger partial charge in [0.2, 0.25) is 0 Å². The van der Waals surface area contributed by atoms with Gasteiger partial charge in [-0.25, -0.2) is 43.5 Å². The summed E-state index contributed by atoms with van der Waals surface area (Å²) in [5.41, 5.74) is 7.59. The first-order chi connectivity index (χ1) is 26.9. The summed E-state index contributed by atoms with van der Waals surface area (Å²) in [6, 6.07) is 7.81. The number of carboxylic acids is 2. The number of hydrogen-bond donors (Lipinski definition) is 6. The average Bonchev–Trinajstić information content (AvgIpc) is 3.50. The summed E-state index contributed by atoms with van der Waals surface area (Å²) in [5, 5.41) is 45.3. The Morgan fingerprint density at radius 1 is 0.770 bits per heavy atom. The first-order valence-corrected chi connectivity index (χ1v) is 17.5. The normalized spacial score (nSPS) is 12.8. The van der Waals surface area contributed by atoms with Gasteiger partial charge in [0.1, 0.15) is 30.7 Å². The Morgan fingerprint density at radius 2 is 1.26 bits per heavy atom. The van der Waals surface area contributed by atoms with E-state index in [-0.39, 0.29) is 22.3 Å². The second-order valence-corrected chi connectivity index (χ2v) is 12.8. The Kier molecular flexibility index (Phi) is 27.0. The van der Waals surface area contributed by atoms with Crippen LogP contribution in [0.2, 0.25) is 0 Å². The Balaban J connectivity index is -0.000000823. The van der Waals surface area contributed by atoms with Crippen molar-refractivity contribution >= 4 is 69.5 Å². The molecule has 2 heterocycles. The van der Waals surface area contributed by atoms with Gasteiger partial charge in [-0.3, -0.25) is 0 Å². The number of benzene rings is 1. The van der Waals surface area contributed by atoms with E-state index in [4.69, 9.17) is 30.9 Å². The molecule has 3 rings (SSSR count). The lowest BCUT2D eigenvalue weighted by atomic mass is 10.1. The number of nitrogens with two attached hydrogens (primary N) is 1. The van der Waals surface area contributed by atoms with E-state index in [1.54, 1.807) is 13.8 Å². The molecule has 0 bridgehead atoms. The van der Waals surface area contributed by atoms with Crippen LogP contribution >= 0.6 is 0 Å². The summed E-state index contributed by atoms with van der Waals surface area (Å²) in [4.78, 5) is 84.8. The Bertz CT molecular complexity index is 1910. The number of nitrogen functional groups attached to an aromatic ring is 1. The molecule has 2 aromatic heterocycles. The number of carbonyl (C=O) groups is 7. The number of anilines is 1. The second-order valence-electron chi connectivity index (χ2n) is 12.8. The largest absolute Gasteiger partial charge is 0.479 e. The fraction of sp³-hybridized carbons (Fsp3) is 0.564. The molecule has 0 saturated carbocycles. The number of carbonyl (C=O) groups excluding carboxylic acids is 5. The fourth-order valence-corrected chi connectivity index (χ4v) is 4.19. The molecule has 7 N–H and O–H groups in total. The van der Waals surface area contributed by atoms with Crippen LogP contribution < -0.4 is 5.73 Å². The van der Waals surface area contributed by atoms with Crippen molar-refractivity contribution in [2.45, 2.75) is 127 Å². The van der Waals surface area contributed by atoms with Gasteiger partial charge in [-0.1, -0.05) is 40.5 Å². The molecule has 0 amide bonds. The SMILES string of the molecule is C.C.C.CC(O)C(=O)OC(C)C(=O)OC(C)C(=O)O.CC(OC(=O)C(C)OC(=O)COC(=O)CO)C(=O)O.CCOCc1nc2c(N)nc3ccccc3c2n1CC(C)(C)O. The molecule has 0 spiro atoms. The molecule has 0 aliphatic heterocycles. The summed E-state index contributed by atoms with van der Waals surface area (Å²) >= 11 is 0. The number of aliphatic hydroxyl groups is 3. The van der Waals surface area contributed by atoms with Crippen LogP contribution in [0.5, 0.6) is 0 Å². The van der Waals surface area contributed by atoms with Crippen LogP contribution in [0.3, 0.4) is 0 Å². The van der Waals surface area contributed by atoms with Crippen molar-refractivity contribution < 1.29 is 87.5 Å². The molecule has 346 valence electrons. The number of aromatic nitrogens is 3. The number of para-hydroxylation sites is 1. The molecule has 3 aromatic rings. The highest BCUT2D eigenvalue weighted by molar-refractivity contribution is 6.06. The number of rotatable bonds is 17. The van der Waals surface area contributed by atoms with Gasteiger partial charge < -0.3 is 64.3 Å². The van der Waals surface area contributed by atoms with Gasteiger partial charge in [-0.05, 0) is 61.5 Å². The van der Waals surface area contributed by atoms with Gasteiger partial charge in [-0.2, -0.15) is 0 Å². The monoisotopic (exact) mass is 874 g/mol. The molecule has 22 nitrogen and oxygen atoms in total. The van der Waals surface area contributed by atoms with E-state index >= 15 is 0 Å². The summed E-state index contributed by atoms with van der Waals surface area (Å²) < 4.78 is 29.7. The third-order valence-corrected chi connectivity index (χ3v) is 7.04. The molecule has 1 aromatic carbocycles. The van der Waals surface area contributed by atoms with Gasteiger partial charge in [0, 0.05) is 12.0 Å². The zero-order chi connectivity index (χ0) is 44.5. The van der Waals surface area contributed by atoms with E-state index in [1.807, 2.05) is 35.8 Å². The van der Waals surface area contributed by atoms with E-state index < -0.39 is 91.1 Å². The van der Waals surface area contributed by atoms with E-state index in [2.05, 4.69) is 33.7 Å². The van der Waals surface area contributed by atoms with Crippen molar-refractivity contribution in [1.29, 1.82) is 0 Å². The Labute approximate surface area is 353 Å². The predicted octanol–water partition coefficient (Wildman–Crippen LogP) is 2.17. The highest BCUT2D eigenvalue weighted by Crippen LogP contribution is 2.30. The number of carboxylic acid groups (broad SMARTS) is 2. The van der Waals surface area contributed by atoms with E-state index in [9.17, 15) is 38.7 Å². The zero-order valence-electron chi connectivity index (χ0n) is 33.2. The van der Waals surface area contributed by atoms with Crippen molar-refractivity contribution in [3.63, 3.8) is 0 Å². The van der Waals surface area contributed by atoms with Crippen molar-refractivity contribution in [3.8, 4) is 0 Å². The van der Waals surface area contributed by atoms with Gasteiger partial charge in [-0.15, -0.1) is 0 Å². The molecule has 5 unspecified atom stereocenters. The van der Waals surface area contributed by atoms with Crippen molar-refractivity contribution in [2.75, 3.05) is 25.6 Å². The van der Waals surface area contributed by atoms with Crippen molar-refractivity contribution in [1.82, 2.24) is 14.5 Å². The Morgan fingerprint density at radius 3 is 1.72 bits per heavy atom. The minimum Gasteiger partial charge on any atom is -0.479 e. The number of ether oxygens (including phenoxy) is 6. The van der Waals surface area contributed by atoms with Crippen LogP contribution in [0.1, 0.15) is 83.5 Å². The molecule has 0 radical (unpaired) electrons. The molecule has 0 aliphatic carbocycles. The van der Waals surface area contributed by atoms with Crippen LogP contribution in [0.25, 0.3) is 21.9 Å². The molecule has 22 heteroatoms. The summed E-state index contributed by atoms with van der Waals surface area (Å²) in [7, 11) is 0. The zero-order valence-corrected chi connectivity index (χ0v) is 33.2. The molecule has 61 heavy (non-hydrogen) atoms. The maximum Gasteiger partial charge on any atom is 0.347 e. The van der Waals surface area contributed by atoms with Crippen molar-refractivity contribution in [2.24, 2.45) is 0 Å². The smallest absolute Gasteiger partial charge is 0.347 e. The quantitative estimate of drug-likeness (QED) is 0.0836. The maximum absolute atomic E-state index is 11.3. The number of esters is 5. The molecular weight excluding hydrogens is 812 g/mol. The minimum atomic E-state index is -1.37. The summed E-state index contributed by atoms with van der Waals surface area (Å²) in [5.74, 6) is -6.57. The average molecular weight is 875 g/mol. The van der Waals surface area contributed by atoms with E-state index in [1.165, 1.54) is 27.7 Å². The molecule has 5 atom stereocenters. The van der Waals surface area contributed by atoms with Gasteiger partial charge in [0.15, 0.2) is 36.8 Å². The van der Waals surface area contributed by atoms with Crippen LogP contribution in [0, 0.1) is 0 Å². The first-order valence-electron chi connectivity index (χ1n) is 17.5. The maximum atomic E-state index is 11.3. The standard InChI is InChI=1S/C17H22N4O2.C10H14O9.C9H14O7.3CH4/c1-4-23-9-13-20-14-15(21(13)10-17(2,3)22)11-7-5-6-8-12(11)19-16(14)18;1-5(9(14)15)19-10(16)6(2)18-8(13)4-17-7(12)3-11;1-4(10)8(13)16-6(3)9(14)15-5(2)7(11)12;;;/h5-8,22H,4,9-10H2,1-3H3,(H2,18,19);5-6,11H,3-4H2,1-2H3,(H,14,15);4-6,10H,1-3H3,(H,11,12);3*1H4. The lowest BCUT2D eigenvalue weighted by molar-refractivity contribution is -0.177. The molecule has 0 saturated heterocycles. The minimum absolute atomic E-state index is 0. The lowest BCUT2D eigenvalue weighted by Crippen LogP contribution is -2.34. The van der Waals surface area contributed by atoms with Crippen LogP contribution in [0.15, 0.2) is 24.3 Å². The topological polar surface area (TPSA) is 333 Å². The number of pyridine rings is 1. The summed E-state index contributed by atoms with van der Waals surface area (Å²) in [6.45, 7) is 11.1. The molecular formula is C39H62N4O18. The lowest BCUT2D eigenvalue weighted by Gasteiger charge is -2.20. The van der Waals surface area contributed by atoms with E-state index in [0.717, 1.165) is 29.2 Å². The van der Waals surface area contributed by atoms with Crippen LogP contribution in [-0.4, -0.2) is 138 Å². The fourth-order valence-electron chi connectivity index (χ4n) is 4.19. The van der Waals surface area contributed by atoms with Crippen LogP contribution in [0.4, 0.5) is 5.82 Å². The van der Waals surface area contributed by atoms with Gasteiger partial charge >= 0.3 is 41.8 Å². The van der Waals surface area contributed by atoms with E-state index in [0.29, 0.717) is 31.1 Å². The van der Waals surface area contributed by atoms with Gasteiger partial charge in [0.25, 0.3) is 0 Å². The molecule has 0 aliphatic rings. The Hall–Kier alpha value is -5.97. The number of imidazole rings is 1.